The Labute approximate surface area is 42.2 Å². The molecule has 0 bridgehead atoms. The van der Waals surface area contributed by atoms with E-state index in [0.29, 0.717) is 5.88 Å². The molecule has 0 aromatic carbocycles. The van der Waals surface area contributed by atoms with E-state index in [9.17, 15) is 0 Å². The second kappa shape index (κ2) is 4.38. The number of rotatable bonds is 1. The molecule has 0 aliphatic carbocycles. The Morgan fingerprint density at radius 1 is 1.80 bits per heavy atom. The first-order chi connectivity index (χ1) is 2.41. The third kappa shape index (κ3) is 4.38. The molecule has 0 atom stereocenters. The van der Waals surface area contributed by atoms with Crippen molar-refractivity contribution in [3.05, 3.63) is 11.5 Å². The summed E-state index contributed by atoms with van der Waals surface area (Å²) in [7, 11) is 0. The lowest BCUT2D eigenvalue weighted by atomic mass is 10.8. The van der Waals surface area contributed by atoms with Crippen LogP contribution >= 0.6 is 24.2 Å². The quantitative estimate of drug-likeness (QED) is 0.384. The summed E-state index contributed by atoms with van der Waals surface area (Å²) in [6.07, 6.45) is 1.75. The van der Waals surface area contributed by atoms with Gasteiger partial charge in [-0.15, -0.1) is 11.6 Å². The Bertz CT molecular complexity index is 33.9. The zero-order valence-electron chi connectivity index (χ0n) is 2.69. The van der Waals surface area contributed by atoms with E-state index in [1.54, 1.807) is 11.5 Å². The second-order valence-electron chi connectivity index (χ2n) is 0.539. The topological polar surface area (TPSA) is 0 Å². The molecule has 0 radical (unpaired) electrons. The SMILES string of the molecule is SC=CCCl. The van der Waals surface area contributed by atoms with Gasteiger partial charge in [0.15, 0.2) is 0 Å². The Morgan fingerprint density at radius 2 is 2.40 bits per heavy atom. The van der Waals surface area contributed by atoms with Gasteiger partial charge < -0.3 is 0 Å². The minimum absolute atomic E-state index is 0.559. The molecule has 0 saturated heterocycles. The van der Waals surface area contributed by atoms with E-state index in [2.05, 4.69) is 12.6 Å². The summed E-state index contributed by atoms with van der Waals surface area (Å²) in [5, 5.41) is 1.62. The smallest absolute Gasteiger partial charge is 0.0412 e. The van der Waals surface area contributed by atoms with Crippen molar-refractivity contribution >= 4 is 24.2 Å². The lowest BCUT2D eigenvalue weighted by Gasteiger charge is -1.62. The monoisotopic (exact) mass is 108 g/mol. The molecular formula is C3H5ClS. The predicted molar refractivity (Wildman–Crippen MR) is 28.8 cm³/mol. The van der Waals surface area contributed by atoms with Crippen molar-refractivity contribution in [2.24, 2.45) is 0 Å². The maximum atomic E-state index is 5.17. The fourth-order valence-corrected chi connectivity index (χ4v) is 0.359. The van der Waals surface area contributed by atoms with Crippen LogP contribution in [0.1, 0.15) is 0 Å². The van der Waals surface area contributed by atoms with Crippen LogP contribution in [0.4, 0.5) is 0 Å². The van der Waals surface area contributed by atoms with Crippen molar-refractivity contribution in [1.29, 1.82) is 0 Å². The van der Waals surface area contributed by atoms with Gasteiger partial charge in [0.25, 0.3) is 0 Å². The fraction of sp³-hybridized carbons (Fsp3) is 0.333. The third-order valence-corrected chi connectivity index (χ3v) is 0.583. The van der Waals surface area contributed by atoms with E-state index < -0.39 is 0 Å². The van der Waals surface area contributed by atoms with Crippen molar-refractivity contribution in [3.8, 4) is 0 Å². The summed E-state index contributed by atoms with van der Waals surface area (Å²) in [6.45, 7) is 0. The zero-order chi connectivity index (χ0) is 4.12. The average Bonchev–Trinajstić information content (AvgIpc) is 1.41. The lowest BCUT2D eigenvalue weighted by molar-refractivity contribution is 1.79. The zero-order valence-corrected chi connectivity index (χ0v) is 4.34. The molecule has 0 nitrogen and oxygen atoms in total. The van der Waals surface area contributed by atoms with Gasteiger partial charge in [-0.25, -0.2) is 0 Å². The number of hydrogen-bond acceptors (Lipinski definition) is 1. The molecule has 0 spiro atoms. The molecule has 0 rings (SSSR count). The van der Waals surface area contributed by atoms with Crippen LogP contribution in [-0.4, -0.2) is 5.88 Å². The van der Waals surface area contributed by atoms with Crippen LogP contribution in [-0.2, 0) is 0 Å². The van der Waals surface area contributed by atoms with E-state index in [1.165, 1.54) is 0 Å². The highest BCUT2D eigenvalue weighted by atomic mass is 35.5. The normalized spacial score (nSPS) is 10.0. The molecule has 0 unspecified atom stereocenters. The minimum atomic E-state index is 0.559. The highest BCUT2D eigenvalue weighted by Crippen LogP contribution is 1.78. The third-order valence-electron chi connectivity index (χ3n) is 0.194. The Kier molecular flexibility index (Phi) is 4.71. The molecule has 0 amide bonds. The number of hydrogen-bond donors (Lipinski definition) is 1. The summed E-state index contributed by atoms with van der Waals surface area (Å²) in [5.41, 5.74) is 0. The number of alkyl halides is 1. The maximum absolute atomic E-state index is 5.17. The molecule has 0 aromatic heterocycles. The highest BCUT2D eigenvalue weighted by Gasteiger charge is 1.55. The number of halogens is 1. The van der Waals surface area contributed by atoms with Crippen molar-refractivity contribution < 1.29 is 0 Å². The van der Waals surface area contributed by atoms with Gasteiger partial charge in [-0.1, -0.05) is 6.08 Å². The fourth-order valence-electron chi connectivity index (χ4n) is 0.0398. The van der Waals surface area contributed by atoms with Crippen LogP contribution in [0.25, 0.3) is 0 Å². The van der Waals surface area contributed by atoms with Gasteiger partial charge in [0.05, 0.1) is 0 Å². The molecule has 0 fully saturated rings. The van der Waals surface area contributed by atoms with Gasteiger partial charge in [0.1, 0.15) is 0 Å². The molecule has 0 saturated carbocycles. The van der Waals surface area contributed by atoms with Crippen LogP contribution < -0.4 is 0 Å². The summed E-state index contributed by atoms with van der Waals surface area (Å²) in [4.78, 5) is 0. The Morgan fingerprint density at radius 3 is 2.40 bits per heavy atom. The van der Waals surface area contributed by atoms with Crippen molar-refractivity contribution in [1.82, 2.24) is 0 Å². The van der Waals surface area contributed by atoms with Crippen molar-refractivity contribution in [2.75, 3.05) is 5.88 Å². The molecule has 0 aliphatic heterocycles. The number of thiol groups is 1. The molecule has 0 aromatic rings. The summed E-state index contributed by atoms with van der Waals surface area (Å²) in [6, 6.07) is 0. The standard InChI is InChI=1S/C3H5ClS/c4-2-1-3-5/h1,3,5H,2H2. The first-order valence-corrected chi connectivity index (χ1v) is 2.32. The van der Waals surface area contributed by atoms with Crippen LogP contribution in [0.5, 0.6) is 0 Å². The molecule has 0 N–H and O–H groups in total. The van der Waals surface area contributed by atoms with Crippen LogP contribution in [0, 0.1) is 0 Å². The van der Waals surface area contributed by atoms with E-state index in [4.69, 9.17) is 11.6 Å². The second-order valence-corrected chi connectivity index (χ2v) is 1.15. The first kappa shape index (κ1) is 5.38. The Hall–Kier alpha value is 0.380. The first-order valence-electron chi connectivity index (χ1n) is 1.27. The molecular weight excluding hydrogens is 104 g/mol. The van der Waals surface area contributed by atoms with Gasteiger partial charge in [0, 0.05) is 5.88 Å². The molecule has 30 valence electrons. The molecule has 2 heteroatoms. The number of allylic oxidation sites excluding steroid dienone is 1. The van der Waals surface area contributed by atoms with Gasteiger partial charge >= 0.3 is 0 Å². The largest absolute Gasteiger partial charge is 0.152 e. The van der Waals surface area contributed by atoms with Crippen LogP contribution in [0.15, 0.2) is 11.5 Å². The predicted octanol–water partition coefficient (Wildman–Crippen LogP) is 1.67. The molecule has 5 heavy (non-hydrogen) atoms. The van der Waals surface area contributed by atoms with Crippen LogP contribution in [0.2, 0.25) is 0 Å². The summed E-state index contributed by atoms with van der Waals surface area (Å²) >= 11 is 8.90. The average molecular weight is 109 g/mol. The maximum Gasteiger partial charge on any atom is 0.0412 e. The molecule has 0 heterocycles. The van der Waals surface area contributed by atoms with Crippen LogP contribution in [0.3, 0.4) is 0 Å². The summed E-state index contributed by atoms with van der Waals surface area (Å²) in [5.74, 6) is 0.559. The van der Waals surface area contributed by atoms with Crippen molar-refractivity contribution in [3.63, 3.8) is 0 Å². The van der Waals surface area contributed by atoms with E-state index in [0.717, 1.165) is 0 Å². The van der Waals surface area contributed by atoms with Gasteiger partial charge in [0.2, 0.25) is 0 Å². The summed E-state index contributed by atoms with van der Waals surface area (Å²) < 4.78 is 0. The Balaban J connectivity index is 2.62. The molecule has 0 aliphatic rings. The van der Waals surface area contributed by atoms with Gasteiger partial charge in [-0.3, -0.25) is 0 Å². The van der Waals surface area contributed by atoms with E-state index in [1.807, 2.05) is 0 Å². The highest BCUT2D eigenvalue weighted by molar-refractivity contribution is 7.83. The van der Waals surface area contributed by atoms with Gasteiger partial charge in [-0.2, -0.15) is 12.6 Å². The minimum Gasteiger partial charge on any atom is -0.152 e. The van der Waals surface area contributed by atoms with E-state index >= 15 is 0 Å². The van der Waals surface area contributed by atoms with Crippen molar-refractivity contribution in [2.45, 2.75) is 0 Å². The lowest BCUT2D eigenvalue weighted by Crippen LogP contribution is -1.49. The van der Waals surface area contributed by atoms with Gasteiger partial charge in [-0.05, 0) is 5.41 Å². The van der Waals surface area contributed by atoms with E-state index in [-0.39, 0.29) is 0 Å².